The van der Waals surface area contributed by atoms with Gasteiger partial charge >= 0.3 is 0 Å². The van der Waals surface area contributed by atoms with Gasteiger partial charge in [0.05, 0.1) is 17.8 Å². The molecule has 0 aliphatic carbocycles. The molecule has 0 aliphatic rings. The second kappa shape index (κ2) is 6.99. The van der Waals surface area contributed by atoms with E-state index in [4.69, 9.17) is 9.47 Å². The minimum absolute atomic E-state index is 0.878. The third-order valence-electron chi connectivity index (χ3n) is 2.59. The summed E-state index contributed by atoms with van der Waals surface area (Å²) in [7, 11) is 3.39. The van der Waals surface area contributed by atoms with Crippen LogP contribution in [-0.4, -0.2) is 14.2 Å². The minimum atomic E-state index is 0.878. The topological polar surface area (TPSA) is 18.5 Å². The summed E-state index contributed by atoms with van der Waals surface area (Å²) in [5, 5.41) is 0. The lowest BCUT2D eigenvalue weighted by Crippen LogP contribution is -1.96. The fourth-order valence-corrected chi connectivity index (χ4v) is 2.44. The zero-order chi connectivity index (χ0) is 12.0. The van der Waals surface area contributed by atoms with Gasteiger partial charge in [0.15, 0.2) is 0 Å². The number of ether oxygens (including phenoxy) is 2. The Balaban J connectivity index is 2.88. The molecular formula is C13H19IO2. The van der Waals surface area contributed by atoms with Crippen LogP contribution < -0.4 is 9.47 Å². The van der Waals surface area contributed by atoms with Crippen LogP contribution >= 0.6 is 22.6 Å². The first-order valence-corrected chi connectivity index (χ1v) is 6.71. The van der Waals surface area contributed by atoms with Gasteiger partial charge in [0.25, 0.3) is 0 Å². The summed E-state index contributed by atoms with van der Waals surface area (Å²) in [6.07, 6.45) is 4.84. The summed E-state index contributed by atoms with van der Waals surface area (Å²) < 4.78 is 11.8. The number of benzene rings is 1. The highest BCUT2D eigenvalue weighted by molar-refractivity contribution is 14.1. The Bertz CT molecular complexity index is 337. The van der Waals surface area contributed by atoms with Crippen molar-refractivity contribution in [1.82, 2.24) is 0 Å². The van der Waals surface area contributed by atoms with E-state index in [0.29, 0.717) is 0 Å². The Labute approximate surface area is 111 Å². The van der Waals surface area contributed by atoms with E-state index < -0.39 is 0 Å². The van der Waals surface area contributed by atoms with Crippen LogP contribution in [0.25, 0.3) is 0 Å². The zero-order valence-corrected chi connectivity index (χ0v) is 12.3. The predicted molar refractivity (Wildman–Crippen MR) is 75.5 cm³/mol. The van der Waals surface area contributed by atoms with Crippen molar-refractivity contribution in [1.29, 1.82) is 0 Å². The maximum atomic E-state index is 5.35. The molecule has 0 amide bonds. The summed E-state index contributed by atoms with van der Waals surface area (Å²) >= 11 is 2.35. The Hall–Kier alpha value is -0.450. The number of methoxy groups -OCH3 is 2. The van der Waals surface area contributed by atoms with Crippen molar-refractivity contribution in [2.24, 2.45) is 0 Å². The van der Waals surface area contributed by atoms with Gasteiger partial charge in [-0.1, -0.05) is 19.8 Å². The van der Waals surface area contributed by atoms with Gasteiger partial charge in [-0.05, 0) is 47.1 Å². The van der Waals surface area contributed by atoms with Crippen molar-refractivity contribution in [2.45, 2.75) is 32.6 Å². The Kier molecular flexibility index (Phi) is 5.95. The Morgan fingerprint density at radius 1 is 1.12 bits per heavy atom. The van der Waals surface area contributed by atoms with Gasteiger partial charge in [0.2, 0.25) is 0 Å². The second-order valence-corrected chi connectivity index (χ2v) is 4.84. The molecule has 16 heavy (non-hydrogen) atoms. The SMILES string of the molecule is CCCCCc1cc(OC)cc(OC)c1I. The third-order valence-corrected chi connectivity index (χ3v) is 3.82. The lowest BCUT2D eigenvalue weighted by molar-refractivity contribution is 0.391. The van der Waals surface area contributed by atoms with Gasteiger partial charge in [-0.3, -0.25) is 0 Å². The van der Waals surface area contributed by atoms with E-state index in [1.807, 2.05) is 6.07 Å². The Morgan fingerprint density at radius 2 is 1.88 bits per heavy atom. The molecule has 0 spiro atoms. The first kappa shape index (κ1) is 13.6. The van der Waals surface area contributed by atoms with E-state index in [0.717, 1.165) is 17.9 Å². The normalized spacial score (nSPS) is 10.2. The molecule has 0 saturated carbocycles. The van der Waals surface area contributed by atoms with Crippen LogP contribution in [0.1, 0.15) is 31.7 Å². The van der Waals surface area contributed by atoms with Crippen molar-refractivity contribution >= 4 is 22.6 Å². The molecule has 2 nitrogen and oxygen atoms in total. The van der Waals surface area contributed by atoms with E-state index >= 15 is 0 Å². The molecule has 0 N–H and O–H groups in total. The summed E-state index contributed by atoms with van der Waals surface area (Å²) in [6, 6.07) is 4.05. The quantitative estimate of drug-likeness (QED) is 0.577. The van der Waals surface area contributed by atoms with Gasteiger partial charge in [-0.25, -0.2) is 0 Å². The molecular weight excluding hydrogens is 315 g/mol. The van der Waals surface area contributed by atoms with Crippen LogP contribution in [0.4, 0.5) is 0 Å². The summed E-state index contributed by atoms with van der Waals surface area (Å²) in [6.45, 7) is 2.22. The van der Waals surface area contributed by atoms with Crippen molar-refractivity contribution < 1.29 is 9.47 Å². The van der Waals surface area contributed by atoms with Gasteiger partial charge < -0.3 is 9.47 Å². The fourth-order valence-electron chi connectivity index (χ4n) is 1.64. The molecule has 1 aromatic carbocycles. The molecule has 1 rings (SSSR count). The summed E-state index contributed by atoms with van der Waals surface area (Å²) in [4.78, 5) is 0. The largest absolute Gasteiger partial charge is 0.497 e. The molecule has 0 heterocycles. The number of aryl methyl sites for hydroxylation is 1. The summed E-state index contributed by atoms with van der Waals surface area (Å²) in [5.74, 6) is 1.79. The van der Waals surface area contributed by atoms with E-state index in [-0.39, 0.29) is 0 Å². The fraction of sp³-hybridized carbons (Fsp3) is 0.538. The summed E-state index contributed by atoms with van der Waals surface area (Å²) in [5.41, 5.74) is 1.32. The number of unbranched alkanes of at least 4 members (excludes halogenated alkanes) is 2. The van der Waals surface area contributed by atoms with Crippen LogP contribution in [-0.2, 0) is 6.42 Å². The third kappa shape index (κ3) is 3.54. The van der Waals surface area contributed by atoms with Crippen molar-refractivity contribution in [3.05, 3.63) is 21.3 Å². The highest BCUT2D eigenvalue weighted by Crippen LogP contribution is 2.30. The highest BCUT2D eigenvalue weighted by Gasteiger charge is 2.09. The Morgan fingerprint density at radius 3 is 2.44 bits per heavy atom. The molecule has 0 radical (unpaired) electrons. The molecule has 0 atom stereocenters. The second-order valence-electron chi connectivity index (χ2n) is 3.76. The van der Waals surface area contributed by atoms with Crippen molar-refractivity contribution in [2.75, 3.05) is 14.2 Å². The van der Waals surface area contributed by atoms with E-state index in [1.54, 1.807) is 14.2 Å². The number of hydrogen-bond acceptors (Lipinski definition) is 2. The first-order chi connectivity index (χ1) is 7.72. The van der Waals surface area contributed by atoms with Crippen LogP contribution in [0.3, 0.4) is 0 Å². The molecule has 0 fully saturated rings. The molecule has 1 aromatic rings. The average molecular weight is 334 g/mol. The lowest BCUT2D eigenvalue weighted by atomic mass is 10.1. The van der Waals surface area contributed by atoms with Crippen LogP contribution in [0.2, 0.25) is 0 Å². The molecule has 0 aliphatic heterocycles. The standard InChI is InChI=1S/C13H19IO2/c1-4-5-6-7-10-8-11(15-2)9-12(16-3)13(10)14/h8-9H,4-7H2,1-3H3. The van der Waals surface area contributed by atoms with Crippen LogP contribution in [0.15, 0.2) is 12.1 Å². The van der Waals surface area contributed by atoms with Gasteiger partial charge in [-0.2, -0.15) is 0 Å². The van der Waals surface area contributed by atoms with E-state index in [1.165, 1.54) is 28.4 Å². The monoisotopic (exact) mass is 334 g/mol. The number of rotatable bonds is 6. The minimum Gasteiger partial charge on any atom is -0.497 e. The molecule has 0 aromatic heterocycles. The van der Waals surface area contributed by atoms with Gasteiger partial charge in [-0.15, -0.1) is 0 Å². The number of hydrogen-bond donors (Lipinski definition) is 0. The van der Waals surface area contributed by atoms with Crippen molar-refractivity contribution in [3.8, 4) is 11.5 Å². The zero-order valence-electron chi connectivity index (χ0n) is 10.2. The lowest BCUT2D eigenvalue weighted by Gasteiger charge is -2.11. The van der Waals surface area contributed by atoms with E-state index in [9.17, 15) is 0 Å². The van der Waals surface area contributed by atoms with Gasteiger partial charge in [0.1, 0.15) is 11.5 Å². The predicted octanol–water partition coefficient (Wildman–Crippen LogP) is 4.04. The molecule has 90 valence electrons. The number of halogens is 1. The molecule has 0 saturated heterocycles. The molecule has 0 unspecified atom stereocenters. The average Bonchev–Trinajstić information content (AvgIpc) is 2.31. The van der Waals surface area contributed by atoms with Crippen molar-refractivity contribution in [3.63, 3.8) is 0 Å². The highest BCUT2D eigenvalue weighted by atomic mass is 127. The molecule has 3 heteroatoms. The van der Waals surface area contributed by atoms with Gasteiger partial charge in [0, 0.05) is 6.07 Å². The first-order valence-electron chi connectivity index (χ1n) is 5.63. The van der Waals surface area contributed by atoms with E-state index in [2.05, 4.69) is 35.6 Å². The smallest absolute Gasteiger partial charge is 0.136 e. The van der Waals surface area contributed by atoms with Crippen LogP contribution in [0, 0.1) is 3.57 Å². The maximum Gasteiger partial charge on any atom is 0.136 e. The molecule has 0 bridgehead atoms. The van der Waals surface area contributed by atoms with Crippen LogP contribution in [0.5, 0.6) is 11.5 Å². The maximum absolute atomic E-state index is 5.35.